The fourth-order valence-electron chi connectivity index (χ4n) is 7.36. The normalized spacial score (nSPS) is 38.0. The molecular weight excluding hydrogens is 312 g/mol. The van der Waals surface area contributed by atoms with Crippen LogP contribution in [0, 0.1) is 5.41 Å². The van der Waals surface area contributed by atoms with Gasteiger partial charge in [-0.1, -0.05) is 79.2 Å². The number of benzene rings is 3. The fourth-order valence-corrected chi connectivity index (χ4v) is 7.36. The summed E-state index contributed by atoms with van der Waals surface area (Å²) in [4.78, 5) is 0. The minimum absolute atomic E-state index is 0.0394. The Bertz CT molecular complexity index is 1090. The molecule has 3 aromatic rings. The molecule has 0 amide bonds. The second-order valence-electron chi connectivity index (χ2n) is 8.57. The molecule has 0 heterocycles. The monoisotopic (exact) mass is 335 g/mol. The molecule has 26 heavy (non-hydrogen) atoms. The molecule has 1 unspecified atom stereocenters. The van der Waals surface area contributed by atoms with E-state index < -0.39 is 5.89 Å². The molecular formula is C26H22. The van der Waals surface area contributed by atoms with Gasteiger partial charge < -0.3 is 0 Å². The highest BCUT2D eigenvalue weighted by Gasteiger charge is 2.69. The third-order valence-corrected chi connectivity index (χ3v) is 7.87. The summed E-state index contributed by atoms with van der Waals surface area (Å²) in [5.41, 5.74) is 8.72. The summed E-state index contributed by atoms with van der Waals surface area (Å²) in [6.45, 7) is 0. The Morgan fingerprint density at radius 1 is 0.615 bits per heavy atom. The predicted octanol–water partition coefficient (Wildman–Crippen LogP) is 6.33. The zero-order chi connectivity index (χ0) is 17.8. The quantitative estimate of drug-likeness (QED) is 0.450. The molecule has 7 rings (SSSR count). The summed E-state index contributed by atoms with van der Waals surface area (Å²) in [7, 11) is 0. The molecule has 0 N–H and O–H groups in total. The maximum atomic E-state index is 9.99. The lowest BCUT2D eigenvalue weighted by Gasteiger charge is -2.46. The van der Waals surface area contributed by atoms with Crippen LogP contribution >= 0.6 is 0 Å². The van der Waals surface area contributed by atoms with Crippen LogP contribution in [0.5, 0.6) is 0 Å². The molecule has 5 atom stereocenters. The molecule has 3 aromatic carbocycles. The van der Waals surface area contributed by atoms with Crippen LogP contribution in [0.1, 0.15) is 77.7 Å². The molecule has 0 nitrogen and oxygen atoms in total. The largest absolute Gasteiger partial charge is 0.0620 e. The van der Waals surface area contributed by atoms with E-state index in [1.54, 1.807) is 0 Å². The summed E-state index contributed by atoms with van der Waals surface area (Å²) in [6.07, 6.45) is 3.39. The van der Waals surface area contributed by atoms with Gasteiger partial charge in [-0.25, -0.2) is 0 Å². The minimum Gasteiger partial charge on any atom is -0.0620 e. The van der Waals surface area contributed by atoms with Crippen molar-refractivity contribution in [3.05, 3.63) is 106 Å². The van der Waals surface area contributed by atoms with Gasteiger partial charge in [-0.3, -0.25) is 0 Å². The average Bonchev–Trinajstić information content (AvgIpc) is 3.26. The Kier molecular flexibility index (Phi) is 2.23. The maximum absolute atomic E-state index is 9.99. The lowest BCUT2D eigenvalue weighted by atomic mass is 9.56. The van der Waals surface area contributed by atoms with Crippen LogP contribution in [-0.2, 0) is 0 Å². The van der Waals surface area contributed by atoms with Crippen LogP contribution in [0.2, 0.25) is 0 Å². The molecule has 4 aliphatic rings. The molecule has 1 fully saturated rings. The van der Waals surface area contributed by atoms with Gasteiger partial charge in [0.15, 0.2) is 0 Å². The molecule has 126 valence electrons. The molecule has 0 aliphatic heterocycles. The van der Waals surface area contributed by atoms with Gasteiger partial charge in [-0.15, -0.1) is 0 Å². The van der Waals surface area contributed by atoms with Gasteiger partial charge in [-0.05, 0) is 58.0 Å². The SMILES string of the molecule is [2H][C@@]12CCC[C@H]3c4ccccc4[C@H]4c5ccccc5[C@@H](c5ccccc51)C432. The predicted molar refractivity (Wildman–Crippen MR) is 105 cm³/mol. The Hall–Kier alpha value is -2.34. The standard InChI is InChI=1S/C26H22/c1-3-10-18-16(8-1)22-14-7-15-23-17-9-2-4-11-19(17)25-21-13-6-5-12-20(21)24(18)26(22,23)25/h1-6,8-13,22-25H,7,14-15H2/t22-,23+,24-,25+,26?/i22D/m1/s1. The molecule has 1 spiro atoms. The van der Waals surface area contributed by atoms with Crippen molar-refractivity contribution in [1.82, 2.24) is 0 Å². The maximum Gasteiger partial charge on any atom is 0.0359 e. The topological polar surface area (TPSA) is 0 Å². The van der Waals surface area contributed by atoms with Crippen LogP contribution in [0.4, 0.5) is 0 Å². The van der Waals surface area contributed by atoms with E-state index in [2.05, 4.69) is 72.8 Å². The zero-order valence-corrected chi connectivity index (χ0v) is 14.8. The van der Waals surface area contributed by atoms with E-state index >= 15 is 0 Å². The Balaban J connectivity index is 1.67. The molecule has 0 aromatic heterocycles. The van der Waals surface area contributed by atoms with Crippen LogP contribution in [0.25, 0.3) is 0 Å². The van der Waals surface area contributed by atoms with Crippen molar-refractivity contribution in [3.63, 3.8) is 0 Å². The van der Waals surface area contributed by atoms with Gasteiger partial charge in [0.1, 0.15) is 0 Å². The van der Waals surface area contributed by atoms with Gasteiger partial charge in [-0.2, -0.15) is 0 Å². The third kappa shape index (κ3) is 1.29. The number of rotatable bonds is 0. The van der Waals surface area contributed by atoms with Crippen LogP contribution < -0.4 is 0 Å². The molecule has 1 saturated carbocycles. The fraction of sp³-hybridized carbons (Fsp3) is 0.308. The van der Waals surface area contributed by atoms with E-state index in [0.29, 0.717) is 17.8 Å². The van der Waals surface area contributed by atoms with E-state index in [9.17, 15) is 1.37 Å². The van der Waals surface area contributed by atoms with Gasteiger partial charge in [0.05, 0.1) is 0 Å². The van der Waals surface area contributed by atoms with Gasteiger partial charge >= 0.3 is 0 Å². The summed E-state index contributed by atoms with van der Waals surface area (Å²) in [5, 5.41) is 0. The highest BCUT2D eigenvalue weighted by molar-refractivity contribution is 5.66. The van der Waals surface area contributed by atoms with Gasteiger partial charge in [0.25, 0.3) is 0 Å². The van der Waals surface area contributed by atoms with E-state index in [4.69, 9.17) is 0 Å². The first-order valence-electron chi connectivity index (χ1n) is 10.6. The molecule has 4 aliphatic carbocycles. The average molecular weight is 335 g/mol. The Morgan fingerprint density at radius 2 is 1.08 bits per heavy atom. The number of fused-ring (bicyclic) bond motifs is 9. The Morgan fingerprint density at radius 3 is 1.69 bits per heavy atom. The van der Waals surface area contributed by atoms with Crippen molar-refractivity contribution < 1.29 is 1.37 Å². The van der Waals surface area contributed by atoms with Crippen molar-refractivity contribution in [1.29, 1.82) is 0 Å². The van der Waals surface area contributed by atoms with E-state index in [-0.39, 0.29) is 5.41 Å². The second-order valence-corrected chi connectivity index (χ2v) is 8.57. The first-order valence-corrected chi connectivity index (χ1v) is 10.1. The minimum atomic E-state index is -0.486. The van der Waals surface area contributed by atoms with Crippen molar-refractivity contribution in [2.75, 3.05) is 0 Å². The lowest BCUT2D eigenvalue weighted by Crippen LogP contribution is -2.37. The van der Waals surface area contributed by atoms with Crippen LogP contribution in [0.3, 0.4) is 0 Å². The highest BCUT2D eigenvalue weighted by atomic mass is 14.7. The van der Waals surface area contributed by atoms with Crippen molar-refractivity contribution in [2.45, 2.75) is 42.9 Å². The summed E-state index contributed by atoms with van der Waals surface area (Å²) < 4.78 is 9.99. The van der Waals surface area contributed by atoms with Crippen molar-refractivity contribution in [2.24, 2.45) is 5.41 Å². The molecule has 0 heteroatoms. The van der Waals surface area contributed by atoms with E-state index in [1.165, 1.54) is 39.8 Å². The van der Waals surface area contributed by atoms with Crippen LogP contribution in [-0.4, -0.2) is 0 Å². The lowest BCUT2D eigenvalue weighted by molar-refractivity contribution is 0.125. The van der Waals surface area contributed by atoms with Crippen molar-refractivity contribution >= 4 is 0 Å². The highest BCUT2D eigenvalue weighted by Crippen LogP contribution is 2.80. The smallest absolute Gasteiger partial charge is 0.0359 e. The molecule has 0 bridgehead atoms. The third-order valence-electron chi connectivity index (χ3n) is 7.87. The van der Waals surface area contributed by atoms with Crippen LogP contribution in [0.15, 0.2) is 72.8 Å². The van der Waals surface area contributed by atoms with Crippen molar-refractivity contribution in [3.8, 4) is 0 Å². The first-order chi connectivity index (χ1) is 13.3. The van der Waals surface area contributed by atoms with E-state index in [1.807, 2.05) is 0 Å². The summed E-state index contributed by atoms with van der Waals surface area (Å²) >= 11 is 0. The number of hydrogen-bond donors (Lipinski definition) is 0. The summed E-state index contributed by atoms with van der Waals surface area (Å²) in [6, 6.07) is 27.2. The Labute approximate surface area is 156 Å². The first kappa shape index (κ1) is 12.9. The summed E-state index contributed by atoms with van der Waals surface area (Å²) in [5.74, 6) is 0.741. The molecule has 0 radical (unpaired) electrons. The van der Waals surface area contributed by atoms with E-state index in [0.717, 1.165) is 12.8 Å². The second kappa shape index (κ2) is 4.49. The van der Waals surface area contributed by atoms with Gasteiger partial charge in [0, 0.05) is 18.6 Å². The number of hydrogen-bond acceptors (Lipinski definition) is 0. The zero-order valence-electron chi connectivity index (χ0n) is 15.8. The van der Waals surface area contributed by atoms with Gasteiger partial charge in [0.2, 0.25) is 0 Å². The molecule has 0 saturated heterocycles.